The molecule has 1 atom stereocenters. The third-order valence-electron chi connectivity index (χ3n) is 3.22. The lowest BCUT2D eigenvalue weighted by atomic mass is 9.95. The predicted octanol–water partition coefficient (Wildman–Crippen LogP) is 1.81. The van der Waals surface area contributed by atoms with Gasteiger partial charge in [-0.3, -0.25) is 9.48 Å². The highest BCUT2D eigenvalue weighted by Gasteiger charge is 2.30. The number of carbonyl (C=O) groups is 1. The Morgan fingerprint density at radius 1 is 1.41 bits per heavy atom. The number of nitrogens with zero attached hydrogens (tertiary/aromatic N) is 2. The minimum Gasteiger partial charge on any atom is -0.384 e. The molecule has 1 N–H and O–H groups in total. The topological polar surface area (TPSA) is 46.9 Å². The van der Waals surface area contributed by atoms with Crippen LogP contribution in [0.1, 0.15) is 22.0 Å². The smallest absolute Gasteiger partial charge is 0.190 e. The van der Waals surface area contributed by atoms with E-state index in [0.29, 0.717) is 12.2 Å². The fourth-order valence-corrected chi connectivity index (χ4v) is 2.31. The van der Waals surface area contributed by atoms with Gasteiger partial charge in [-0.05, 0) is 17.7 Å². The number of hydrogen-bond donors (Lipinski definition) is 1. The lowest BCUT2D eigenvalue weighted by Gasteiger charge is -2.08. The van der Waals surface area contributed by atoms with Crippen LogP contribution < -0.4 is 5.32 Å². The molecule has 0 saturated heterocycles. The van der Waals surface area contributed by atoms with E-state index in [1.165, 1.54) is 0 Å². The number of hydrogen-bond acceptors (Lipinski definition) is 3. The van der Waals surface area contributed by atoms with Crippen LogP contribution in [-0.4, -0.2) is 22.1 Å². The van der Waals surface area contributed by atoms with Crippen LogP contribution in [0.3, 0.4) is 0 Å². The molecular formula is C13H13N3O. The normalized spacial score (nSPS) is 17.6. The molecular weight excluding hydrogens is 214 g/mol. The molecule has 0 radical (unpaired) electrons. The van der Waals surface area contributed by atoms with Crippen molar-refractivity contribution < 1.29 is 4.79 Å². The highest BCUT2D eigenvalue weighted by Crippen LogP contribution is 2.33. The number of fused-ring (bicyclic) bond motifs is 1. The second-order valence-corrected chi connectivity index (χ2v) is 4.23. The maximum atomic E-state index is 12.4. The van der Waals surface area contributed by atoms with Crippen molar-refractivity contribution in [3.8, 4) is 0 Å². The first-order valence-corrected chi connectivity index (χ1v) is 5.62. The fraction of sp³-hybridized carbons (Fsp3) is 0.231. The van der Waals surface area contributed by atoms with Crippen LogP contribution in [0.2, 0.25) is 0 Å². The maximum Gasteiger partial charge on any atom is 0.190 e. The Labute approximate surface area is 99.3 Å². The summed E-state index contributed by atoms with van der Waals surface area (Å²) in [6.07, 6.45) is 1.65. The first-order valence-electron chi connectivity index (χ1n) is 5.62. The maximum absolute atomic E-state index is 12.4. The fourth-order valence-electron chi connectivity index (χ4n) is 2.31. The van der Waals surface area contributed by atoms with Crippen LogP contribution in [0.5, 0.6) is 0 Å². The number of benzene rings is 1. The lowest BCUT2D eigenvalue weighted by Crippen LogP contribution is -2.17. The Morgan fingerprint density at radius 2 is 2.24 bits per heavy atom. The van der Waals surface area contributed by atoms with E-state index in [4.69, 9.17) is 0 Å². The summed E-state index contributed by atoms with van der Waals surface area (Å²) in [7, 11) is 1.79. The second kappa shape index (κ2) is 3.73. The van der Waals surface area contributed by atoms with E-state index in [2.05, 4.69) is 10.4 Å². The van der Waals surface area contributed by atoms with Crippen molar-refractivity contribution in [2.45, 2.75) is 5.92 Å². The number of aromatic nitrogens is 2. The molecule has 0 fully saturated rings. The van der Waals surface area contributed by atoms with Gasteiger partial charge in [0.1, 0.15) is 5.69 Å². The summed E-state index contributed by atoms with van der Waals surface area (Å²) < 4.78 is 1.63. The molecule has 3 rings (SSSR count). The first kappa shape index (κ1) is 10.1. The highest BCUT2D eigenvalue weighted by molar-refractivity contribution is 6.01. The quantitative estimate of drug-likeness (QED) is 0.796. The molecule has 0 saturated carbocycles. The molecule has 0 aliphatic carbocycles. The molecule has 1 aromatic heterocycles. The van der Waals surface area contributed by atoms with Gasteiger partial charge in [0, 0.05) is 25.5 Å². The Balaban J connectivity index is 1.98. The van der Waals surface area contributed by atoms with Gasteiger partial charge in [-0.15, -0.1) is 0 Å². The molecule has 86 valence electrons. The van der Waals surface area contributed by atoms with Gasteiger partial charge in [0.05, 0.1) is 5.92 Å². The number of anilines is 1. The minimum atomic E-state index is -0.0957. The second-order valence-electron chi connectivity index (χ2n) is 4.23. The van der Waals surface area contributed by atoms with E-state index in [0.717, 1.165) is 11.3 Å². The monoisotopic (exact) mass is 227 g/mol. The van der Waals surface area contributed by atoms with Gasteiger partial charge < -0.3 is 5.32 Å². The molecule has 4 nitrogen and oxygen atoms in total. The molecule has 1 unspecified atom stereocenters. The van der Waals surface area contributed by atoms with Gasteiger partial charge in [-0.25, -0.2) is 0 Å². The van der Waals surface area contributed by atoms with Crippen LogP contribution in [0, 0.1) is 0 Å². The van der Waals surface area contributed by atoms with Crippen molar-refractivity contribution in [2.24, 2.45) is 7.05 Å². The van der Waals surface area contributed by atoms with Crippen LogP contribution >= 0.6 is 0 Å². The Hall–Kier alpha value is -2.10. The standard InChI is InChI=1S/C13H13N3O/c1-16-12(6-7-15-16)13(17)10-8-14-11-5-3-2-4-9(10)11/h2-7,10,14H,8H2,1H3. The van der Waals surface area contributed by atoms with Crippen molar-refractivity contribution in [3.05, 3.63) is 47.8 Å². The molecule has 1 aliphatic heterocycles. The number of ketones is 1. The van der Waals surface area contributed by atoms with Crippen LogP contribution in [0.15, 0.2) is 36.5 Å². The molecule has 1 aliphatic rings. The molecule has 0 amide bonds. The van der Waals surface area contributed by atoms with Crippen molar-refractivity contribution >= 4 is 11.5 Å². The molecule has 0 spiro atoms. The molecule has 0 bridgehead atoms. The molecule has 1 aromatic carbocycles. The van der Waals surface area contributed by atoms with Crippen molar-refractivity contribution in [1.82, 2.24) is 9.78 Å². The molecule has 17 heavy (non-hydrogen) atoms. The number of Topliss-reactive ketones (excluding diaryl/α,β-unsaturated/α-hetero) is 1. The number of carbonyl (C=O) groups excluding carboxylic acids is 1. The Morgan fingerprint density at radius 3 is 3.00 bits per heavy atom. The van der Waals surface area contributed by atoms with E-state index < -0.39 is 0 Å². The zero-order valence-corrected chi connectivity index (χ0v) is 9.55. The predicted molar refractivity (Wildman–Crippen MR) is 65.2 cm³/mol. The average molecular weight is 227 g/mol. The van der Waals surface area contributed by atoms with Gasteiger partial charge in [0.15, 0.2) is 5.78 Å². The zero-order valence-electron chi connectivity index (χ0n) is 9.55. The van der Waals surface area contributed by atoms with Crippen molar-refractivity contribution in [2.75, 3.05) is 11.9 Å². The first-order chi connectivity index (χ1) is 8.27. The summed E-state index contributed by atoms with van der Waals surface area (Å²) >= 11 is 0. The van der Waals surface area contributed by atoms with E-state index in [9.17, 15) is 4.79 Å². The van der Waals surface area contributed by atoms with Crippen LogP contribution in [0.4, 0.5) is 5.69 Å². The lowest BCUT2D eigenvalue weighted by molar-refractivity contribution is 0.0957. The summed E-state index contributed by atoms with van der Waals surface area (Å²) in [5.74, 6) is 0.0315. The van der Waals surface area contributed by atoms with Gasteiger partial charge in [-0.1, -0.05) is 18.2 Å². The van der Waals surface area contributed by atoms with E-state index in [1.807, 2.05) is 24.3 Å². The van der Waals surface area contributed by atoms with Crippen LogP contribution in [-0.2, 0) is 7.05 Å². The van der Waals surface area contributed by atoms with E-state index >= 15 is 0 Å². The minimum absolute atomic E-state index is 0.0957. The van der Waals surface area contributed by atoms with Gasteiger partial charge in [0.25, 0.3) is 0 Å². The summed E-state index contributed by atoms with van der Waals surface area (Å²) in [5.41, 5.74) is 2.81. The third-order valence-corrected chi connectivity index (χ3v) is 3.22. The Kier molecular flexibility index (Phi) is 2.21. The summed E-state index contributed by atoms with van der Waals surface area (Å²) in [6.45, 7) is 0.670. The van der Waals surface area contributed by atoms with Gasteiger partial charge in [-0.2, -0.15) is 5.10 Å². The molecule has 2 heterocycles. The zero-order chi connectivity index (χ0) is 11.8. The van der Waals surface area contributed by atoms with Crippen LogP contribution in [0.25, 0.3) is 0 Å². The largest absolute Gasteiger partial charge is 0.384 e. The molecule has 2 aromatic rings. The van der Waals surface area contributed by atoms with E-state index in [1.54, 1.807) is 24.0 Å². The highest BCUT2D eigenvalue weighted by atomic mass is 16.1. The Bertz CT molecular complexity index is 574. The number of nitrogens with one attached hydrogen (secondary N) is 1. The number of rotatable bonds is 2. The summed E-state index contributed by atoms with van der Waals surface area (Å²) in [4.78, 5) is 12.4. The summed E-state index contributed by atoms with van der Waals surface area (Å²) in [5, 5.41) is 7.30. The average Bonchev–Trinajstić information content (AvgIpc) is 2.94. The number of aryl methyl sites for hydroxylation is 1. The molecule has 4 heteroatoms. The van der Waals surface area contributed by atoms with E-state index in [-0.39, 0.29) is 11.7 Å². The summed E-state index contributed by atoms with van der Waals surface area (Å²) in [6, 6.07) is 9.72. The van der Waals surface area contributed by atoms with Gasteiger partial charge >= 0.3 is 0 Å². The van der Waals surface area contributed by atoms with Crippen molar-refractivity contribution in [1.29, 1.82) is 0 Å². The SMILES string of the molecule is Cn1nccc1C(=O)C1CNc2ccccc21. The third kappa shape index (κ3) is 1.53. The number of para-hydroxylation sites is 1. The van der Waals surface area contributed by atoms with Gasteiger partial charge in [0.2, 0.25) is 0 Å². The van der Waals surface area contributed by atoms with Crippen molar-refractivity contribution in [3.63, 3.8) is 0 Å².